The van der Waals surface area contributed by atoms with E-state index >= 15 is 0 Å². The van der Waals surface area contributed by atoms with Crippen LogP contribution in [0.4, 0.5) is 5.82 Å². The molecule has 0 spiro atoms. The molecule has 4 aliphatic carbocycles. The lowest BCUT2D eigenvalue weighted by Gasteiger charge is -2.56. The Morgan fingerprint density at radius 3 is 2.46 bits per heavy atom. The summed E-state index contributed by atoms with van der Waals surface area (Å²) >= 11 is 0. The van der Waals surface area contributed by atoms with Gasteiger partial charge in [-0.25, -0.2) is 0 Å². The molecule has 6 nitrogen and oxygen atoms in total. The zero-order chi connectivity index (χ0) is 16.9. The van der Waals surface area contributed by atoms with Crippen molar-refractivity contribution in [3.63, 3.8) is 0 Å². The number of nitrogens with one attached hydrogen (secondary N) is 2. The van der Waals surface area contributed by atoms with Crippen LogP contribution in [0.25, 0.3) is 0 Å². The monoisotopic (exact) mass is 332 g/mol. The van der Waals surface area contributed by atoms with Crippen LogP contribution < -0.4 is 10.6 Å². The summed E-state index contributed by atoms with van der Waals surface area (Å²) in [5.41, 5.74) is 0.581. The fraction of sp³-hybridized carbons (Fsp3) is 0.778. The zero-order valence-corrected chi connectivity index (χ0v) is 14.6. The largest absolute Gasteiger partial charge is 0.392 e. The summed E-state index contributed by atoms with van der Waals surface area (Å²) in [6.07, 6.45) is 8.67. The predicted octanol–water partition coefficient (Wildman–Crippen LogP) is 1.91. The van der Waals surface area contributed by atoms with Crippen LogP contribution in [0.5, 0.6) is 0 Å². The van der Waals surface area contributed by atoms with Gasteiger partial charge in [0.05, 0.1) is 12.3 Å². The fourth-order valence-corrected chi connectivity index (χ4v) is 5.63. The first kappa shape index (κ1) is 15.9. The molecule has 24 heavy (non-hydrogen) atoms. The van der Waals surface area contributed by atoms with Crippen LogP contribution in [0, 0.1) is 17.8 Å². The highest BCUT2D eigenvalue weighted by Crippen LogP contribution is 2.55. The summed E-state index contributed by atoms with van der Waals surface area (Å²) in [4.78, 5) is 12.9. The molecular weight excluding hydrogens is 304 g/mol. The van der Waals surface area contributed by atoms with Crippen LogP contribution in [-0.4, -0.2) is 39.0 Å². The lowest BCUT2D eigenvalue weighted by molar-refractivity contribution is -0.0166. The average Bonchev–Trinajstić information content (AvgIpc) is 2.84. The lowest BCUT2D eigenvalue weighted by Crippen LogP contribution is -2.59. The molecule has 4 bridgehead atoms. The Morgan fingerprint density at radius 2 is 1.92 bits per heavy atom. The van der Waals surface area contributed by atoms with Gasteiger partial charge in [0.25, 0.3) is 5.91 Å². The van der Waals surface area contributed by atoms with Crippen molar-refractivity contribution in [3.8, 4) is 0 Å². The summed E-state index contributed by atoms with van der Waals surface area (Å²) in [6.45, 7) is 2.12. The van der Waals surface area contributed by atoms with Crippen molar-refractivity contribution in [2.24, 2.45) is 24.8 Å². The van der Waals surface area contributed by atoms with Gasteiger partial charge in [-0.3, -0.25) is 9.48 Å². The van der Waals surface area contributed by atoms with Gasteiger partial charge in [0.15, 0.2) is 0 Å². The highest BCUT2D eigenvalue weighted by atomic mass is 16.3. The van der Waals surface area contributed by atoms with E-state index < -0.39 is 6.10 Å². The predicted molar refractivity (Wildman–Crippen MR) is 91.7 cm³/mol. The number of carbonyl (C=O) groups is 1. The van der Waals surface area contributed by atoms with Crippen molar-refractivity contribution in [1.82, 2.24) is 15.1 Å². The third-order valence-electron chi connectivity index (χ3n) is 6.17. The number of rotatable bonds is 5. The Bertz CT molecular complexity index is 602. The fourth-order valence-electron chi connectivity index (χ4n) is 5.63. The Morgan fingerprint density at radius 1 is 1.33 bits per heavy atom. The van der Waals surface area contributed by atoms with Crippen LogP contribution in [0.2, 0.25) is 0 Å². The van der Waals surface area contributed by atoms with E-state index in [0.717, 1.165) is 37.0 Å². The summed E-state index contributed by atoms with van der Waals surface area (Å²) in [6, 6.07) is 0. The Labute approximate surface area is 143 Å². The van der Waals surface area contributed by atoms with E-state index in [1.54, 1.807) is 17.8 Å². The molecule has 5 rings (SSSR count). The van der Waals surface area contributed by atoms with Crippen molar-refractivity contribution in [1.29, 1.82) is 0 Å². The molecule has 1 amide bonds. The van der Waals surface area contributed by atoms with E-state index in [0.29, 0.717) is 17.9 Å². The molecule has 6 heteroatoms. The molecule has 1 aromatic heterocycles. The Hall–Kier alpha value is -1.56. The van der Waals surface area contributed by atoms with E-state index in [-0.39, 0.29) is 11.4 Å². The molecule has 0 saturated heterocycles. The summed E-state index contributed by atoms with van der Waals surface area (Å²) < 4.78 is 1.66. The molecule has 0 aromatic carbocycles. The van der Waals surface area contributed by atoms with Gasteiger partial charge >= 0.3 is 0 Å². The van der Waals surface area contributed by atoms with Gasteiger partial charge in [0, 0.05) is 19.1 Å². The van der Waals surface area contributed by atoms with Crippen molar-refractivity contribution in [2.45, 2.75) is 57.1 Å². The van der Waals surface area contributed by atoms with Crippen molar-refractivity contribution < 1.29 is 9.90 Å². The number of amides is 1. The maximum atomic E-state index is 12.9. The van der Waals surface area contributed by atoms with E-state index in [2.05, 4.69) is 15.7 Å². The standard InChI is InChI=1S/C18H28N4O2/c1-11(23)9-19-16-15(10-20-22(16)2)17(24)21-18-6-12-3-13(7-18)5-14(4-12)8-18/h10-14,19,23H,3-9H2,1-2H3,(H,21,24). The number of anilines is 1. The first-order valence-electron chi connectivity index (χ1n) is 9.20. The lowest BCUT2D eigenvalue weighted by atomic mass is 9.53. The van der Waals surface area contributed by atoms with E-state index in [4.69, 9.17) is 0 Å². The summed E-state index contributed by atoms with van der Waals surface area (Å²) in [5.74, 6) is 3.06. The molecule has 3 N–H and O–H groups in total. The van der Waals surface area contributed by atoms with E-state index in [1.165, 1.54) is 19.3 Å². The quantitative estimate of drug-likeness (QED) is 0.769. The Kier molecular flexibility index (Phi) is 3.82. The highest BCUT2D eigenvalue weighted by Gasteiger charge is 2.51. The maximum absolute atomic E-state index is 12.9. The number of hydrogen-bond donors (Lipinski definition) is 3. The van der Waals surface area contributed by atoms with Crippen LogP contribution in [0.15, 0.2) is 6.20 Å². The minimum absolute atomic E-state index is 0.00319. The molecular formula is C18H28N4O2. The molecule has 0 aliphatic heterocycles. The summed E-state index contributed by atoms with van der Waals surface area (Å²) in [5, 5.41) is 20.2. The number of nitrogens with zero attached hydrogens (tertiary/aromatic N) is 2. The number of hydrogen-bond acceptors (Lipinski definition) is 4. The molecule has 0 radical (unpaired) electrons. The summed E-state index contributed by atoms with van der Waals surface area (Å²) in [7, 11) is 1.81. The number of aliphatic hydroxyl groups is 1. The number of aryl methyl sites for hydroxylation is 1. The molecule has 1 heterocycles. The molecule has 4 aliphatic rings. The molecule has 1 unspecified atom stereocenters. The van der Waals surface area contributed by atoms with E-state index in [9.17, 15) is 9.90 Å². The second-order valence-electron chi connectivity index (χ2n) is 8.41. The molecule has 4 fully saturated rings. The third-order valence-corrected chi connectivity index (χ3v) is 6.17. The number of aromatic nitrogens is 2. The van der Waals surface area contributed by atoms with Gasteiger partial charge in [0.1, 0.15) is 11.4 Å². The molecule has 132 valence electrons. The zero-order valence-electron chi connectivity index (χ0n) is 14.6. The van der Waals surface area contributed by atoms with Gasteiger partial charge in [-0.2, -0.15) is 5.10 Å². The minimum Gasteiger partial charge on any atom is -0.392 e. The van der Waals surface area contributed by atoms with Crippen LogP contribution in [-0.2, 0) is 7.05 Å². The van der Waals surface area contributed by atoms with Gasteiger partial charge in [-0.05, 0) is 63.2 Å². The Balaban J connectivity index is 1.51. The van der Waals surface area contributed by atoms with E-state index in [1.807, 2.05) is 7.05 Å². The normalized spacial score (nSPS) is 35.0. The van der Waals surface area contributed by atoms with Crippen molar-refractivity contribution >= 4 is 11.7 Å². The minimum atomic E-state index is -0.473. The van der Waals surface area contributed by atoms with Crippen molar-refractivity contribution in [2.75, 3.05) is 11.9 Å². The van der Waals surface area contributed by atoms with Gasteiger partial charge in [0.2, 0.25) is 0 Å². The first-order chi connectivity index (χ1) is 11.4. The molecule has 4 saturated carbocycles. The van der Waals surface area contributed by atoms with Crippen LogP contribution >= 0.6 is 0 Å². The van der Waals surface area contributed by atoms with Gasteiger partial charge in [-0.15, -0.1) is 0 Å². The number of carbonyl (C=O) groups excluding carboxylic acids is 1. The molecule has 1 aromatic rings. The van der Waals surface area contributed by atoms with Gasteiger partial charge < -0.3 is 15.7 Å². The third kappa shape index (κ3) is 2.81. The van der Waals surface area contributed by atoms with Crippen LogP contribution in [0.1, 0.15) is 55.8 Å². The highest BCUT2D eigenvalue weighted by molar-refractivity contribution is 5.99. The maximum Gasteiger partial charge on any atom is 0.257 e. The second kappa shape index (κ2) is 5.76. The second-order valence-corrected chi connectivity index (χ2v) is 8.41. The van der Waals surface area contributed by atoms with Gasteiger partial charge in [-0.1, -0.05) is 0 Å². The first-order valence-corrected chi connectivity index (χ1v) is 9.20. The smallest absolute Gasteiger partial charge is 0.257 e. The van der Waals surface area contributed by atoms with Crippen molar-refractivity contribution in [3.05, 3.63) is 11.8 Å². The SMILES string of the molecule is CC(O)CNc1c(C(=O)NC23CC4CC(CC(C4)C2)C3)cnn1C. The number of aliphatic hydroxyl groups excluding tert-OH is 1. The van der Waals surface area contributed by atoms with Crippen LogP contribution in [0.3, 0.4) is 0 Å². The average molecular weight is 332 g/mol. The molecule has 1 atom stereocenters. The topological polar surface area (TPSA) is 79.2 Å².